The molecule has 16 heavy (non-hydrogen) atoms. The fourth-order valence-corrected chi connectivity index (χ4v) is 3.58. The zero-order chi connectivity index (χ0) is 11.8. The summed E-state index contributed by atoms with van der Waals surface area (Å²) in [6.07, 6.45) is 2.17. The van der Waals surface area contributed by atoms with E-state index in [1.807, 2.05) is 0 Å². The SMILES string of the molecule is O=C(O)c1ccc2c(c1)S(=O)(=O)CCCC2. The second-order valence-electron chi connectivity index (χ2n) is 3.90. The minimum Gasteiger partial charge on any atom is -0.478 e. The van der Waals surface area contributed by atoms with Crippen molar-refractivity contribution in [2.24, 2.45) is 0 Å². The Balaban J connectivity index is 2.62. The van der Waals surface area contributed by atoms with E-state index < -0.39 is 15.8 Å². The third kappa shape index (κ3) is 1.95. The van der Waals surface area contributed by atoms with Gasteiger partial charge in [0.1, 0.15) is 0 Å². The highest BCUT2D eigenvalue weighted by Crippen LogP contribution is 2.25. The molecule has 0 fully saturated rings. The monoisotopic (exact) mass is 240 g/mol. The average molecular weight is 240 g/mol. The molecular formula is C11H12O4S. The van der Waals surface area contributed by atoms with Crippen LogP contribution in [0.5, 0.6) is 0 Å². The zero-order valence-corrected chi connectivity index (χ0v) is 9.46. The number of carbonyl (C=O) groups is 1. The van der Waals surface area contributed by atoms with Crippen LogP contribution in [0, 0.1) is 0 Å². The molecule has 0 radical (unpaired) electrons. The van der Waals surface area contributed by atoms with E-state index in [1.54, 1.807) is 6.07 Å². The van der Waals surface area contributed by atoms with Gasteiger partial charge in [-0.15, -0.1) is 0 Å². The lowest BCUT2D eigenvalue weighted by Gasteiger charge is -2.06. The van der Waals surface area contributed by atoms with Gasteiger partial charge in [0.2, 0.25) is 0 Å². The summed E-state index contributed by atoms with van der Waals surface area (Å²) >= 11 is 0. The Morgan fingerprint density at radius 1 is 1.25 bits per heavy atom. The Labute approximate surface area is 93.8 Å². The van der Waals surface area contributed by atoms with Gasteiger partial charge < -0.3 is 5.11 Å². The van der Waals surface area contributed by atoms with Crippen molar-refractivity contribution in [2.45, 2.75) is 24.2 Å². The molecule has 0 saturated heterocycles. The zero-order valence-electron chi connectivity index (χ0n) is 8.64. The standard InChI is InChI=1S/C11H12O4S/c12-11(13)9-5-4-8-3-1-2-6-16(14,15)10(8)7-9/h4-5,7H,1-3,6H2,(H,12,13). The second kappa shape index (κ2) is 3.90. The molecule has 0 aromatic heterocycles. The number of rotatable bonds is 1. The minimum absolute atomic E-state index is 0.0317. The molecule has 2 rings (SSSR count). The van der Waals surface area contributed by atoms with Crippen molar-refractivity contribution in [3.05, 3.63) is 29.3 Å². The van der Waals surface area contributed by atoms with Gasteiger partial charge in [-0.05, 0) is 37.0 Å². The summed E-state index contributed by atoms with van der Waals surface area (Å²) in [5.74, 6) is -0.981. The van der Waals surface area contributed by atoms with Crippen molar-refractivity contribution in [2.75, 3.05) is 5.75 Å². The highest BCUT2D eigenvalue weighted by molar-refractivity contribution is 7.91. The molecular weight excluding hydrogens is 228 g/mol. The number of carboxylic acid groups (broad SMARTS) is 1. The van der Waals surface area contributed by atoms with Gasteiger partial charge in [-0.3, -0.25) is 0 Å². The highest BCUT2D eigenvalue weighted by atomic mass is 32.2. The molecule has 1 aliphatic heterocycles. The number of hydrogen-bond donors (Lipinski definition) is 1. The summed E-state index contributed by atoms with van der Waals surface area (Å²) in [6, 6.07) is 4.35. The first-order valence-electron chi connectivity index (χ1n) is 5.10. The van der Waals surface area contributed by atoms with Crippen molar-refractivity contribution < 1.29 is 18.3 Å². The number of benzene rings is 1. The van der Waals surface area contributed by atoms with Crippen LogP contribution in [0.4, 0.5) is 0 Å². The largest absolute Gasteiger partial charge is 0.478 e. The number of carboxylic acids is 1. The first-order chi connectivity index (χ1) is 7.50. The summed E-state index contributed by atoms with van der Waals surface area (Å²) < 4.78 is 23.7. The van der Waals surface area contributed by atoms with Gasteiger partial charge >= 0.3 is 5.97 Å². The summed E-state index contributed by atoms with van der Waals surface area (Å²) in [6.45, 7) is 0. The van der Waals surface area contributed by atoms with Crippen LogP contribution < -0.4 is 0 Å². The van der Waals surface area contributed by atoms with Crippen molar-refractivity contribution in [1.82, 2.24) is 0 Å². The Bertz CT molecular complexity index is 531. The maximum Gasteiger partial charge on any atom is 0.335 e. The smallest absolute Gasteiger partial charge is 0.335 e. The molecule has 4 nitrogen and oxygen atoms in total. The maximum absolute atomic E-state index is 11.9. The van der Waals surface area contributed by atoms with Crippen LogP contribution in [0.3, 0.4) is 0 Å². The van der Waals surface area contributed by atoms with Crippen LogP contribution in [-0.4, -0.2) is 25.2 Å². The molecule has 1 N–H and O–H groups in total. The number of aryl methyl sites for hydroxylation is 1. The van der Waals surface area contributed by atoms with Gasteiger partial charge in [0.05, 0.1) is 16.2 Å². The number of sulfone groups is 1. The third-order valence-corrected chi connectivity index (χ3v) is 4.63. The summed E-state index contributed by atoms with van der Waals surface area (Å²) in [4.78, 5) is 11.0. The van der Waals surface area contributed by atoms with Crippen LogP contribution in [0.25, 0.3) is 0 Å². The minimum atomic E-state index is -3.30. The molecule has 1 aromatic rings. The maximum atomic E-state index is 11.9. The molecule has 0 aliphatic carbocycles. The lowest BCUT2D eigenvalue weighted by molar-refractivity contribution is 0.0696. The Morgan fingerprint density at radius 3 is 2.69 bits per heavy atom. The van der Waals surface area contributed by atoms with Crippen LogP contribution in [0.1, 0.15) is 28.8 Å². The first kappa shape index (κ1) is 11.1. The predicted octanol–water partition coefficient (Wildman–Crippen LogP) is 1.49. The fraction of sp³-hybridized carbons (Fsp3) is 0.364. The molecule has 1 aromatic carbocycles. The van der Waals surface area contributed by atoms with E-state index in [2.05, 4.69) is 0 Å². The van der Waals surface area contributed by atoms with E-state index in [9.17, 15) is 13.2 Å². The van der Waals surface area contributed by atoms with Crippen LogP contribution in [0.2, 0.25) is 0 Å². The Hall–Kier alpha value is -1.36. The fourth-order valence-electron chi connectivity index (χ4n) is 1.90. The van der Waals surface area contributed by atoms with E-state index >= 15 is 0 Å². The van der Waals surface area contributed by atoms with Gasteiger partial charge in [-0.25, -0.2) is 13.2 Å². The van der Waals surface area contributed by atoms with Gasteiger partial charge in [-0.2, -0.15) is 0 Å². The lowest BCUT2D eigenvalue weighted by Crippen LogP contribution is -2.08. The molecule has 5 heteroatoms. The predicted molar refractivity (Wildman–Crippen MR) is 58.4 cm³/mol. The topological polar surface area (TPSA) is 71.4 Å². The lowest BCUT2D eigenvalue weighted by atomic mass is 10.1. The number of aromatic carboxylic acids is 1. The van der Waals surface area contributed by atoms with Crippen molar-refractivity contribution in [1.29, 1.82) is 0 Å². The molecule has 0 atom stereocenters. The summed E-state index contributed by atoms with van der Waals surface area (Å²) in [7, 11) is -3.30. The quantitative estimate of drug-likeness (QED) is 0.807. The number of hydrogen-bond acceptors (Lipinski definition) is 3. The molecule has 1 aliphatic rings. The summed E-state index contributed by atoms with van der Waals surface area (Å²) in [5.41, 5.74) is 0.770. The van der Waals surface area contributed by atoms with E-state index in [1.165, 1.54) is 12.1 Å². The van der Waals surface area contributed by atoms with E-state index in [0.29, 0.717) is 12.8 Å². The Kier molecular flexibility index (Phi) is 2.71. The van der Waals surface area contributed by atoms with E-state index in [4.69, 9.17) is 5.11 Å². The van der Waals surface area contributed by atoms with Crippen LogP contribution >= 0.6 is 0 Å². The molecule has 0 bridgehead atoms. The Morgan fingerprint density at radius 2 is 2.00 bits per heavy atom. The van der Waals surface area contributed by atoms with Gasteiger partial charge in [0, 0.05) is 0 Å². The summed E-state index contributed by atoms with van der Waals surface area (Å²) in [5, 5.41) is 8.83. The second-order valence-corrected chi connectivity index (χ2v) is 5.98. The molecule has 0 saturated carbocycles. The first-order valence-corrected chi connectivity index (χ1v) is 6.75. The van der Waals surface area contributed by atoms with E-state index in [-0.39, 0.29) is 16.2 Å². The molecule has 1 heterocycles. The highest BCUT2D eigenvalue weighted by Gasteiger charge is 2.22. The van der Waals surface area contributed by atoms with Gasteiger partial charge in [0.25, 0.3) is 0 Å². The van der Waals surface area contributed by atoms with Crippen molar-refractivity contribution >= 4 is 15.8 Å². The molecule has 0 unspecified atom stereocenters. The average Bonchev–Trinajstić information content (AvgIpc) is 2.37. The molecule has 0 amide bonds. The van der Waals surface area contributed by atoms with E-state index in [0.717, 1.165) is 12.0 Å². The molecule has 0 spiro atoms. The normalized spacial score (nSPS) is 18.5. The molecule has 86 valence electrons. The number of fused-ring (bicyclic) bond motifs is 1. The van der Waals surface area contributed by atoms with Crippen molar-refractivity contribution in [3.8, 4) is 0 Å². The van der Waals surface area contributed by atoms with Crippen LogP contribution in [0.15, 0.2) is 23.1 Å². The van der Waals surface area contributed by atoms with Crippen LogP contribution in [-0.2, 0) is 16.3 Å². The van der Waals surface area contributed by atoms with Crippen molar-refractivity contribution in [3.63, 3.8) is 0 Å². The van der Waals surface area contributed by atoms with Gasteiger partial charge in [-0.1, -0.05) is 6.07 Å². The third-order valence-electron chi connectivity index (χ3n) is 2.76. The van der Waals surface area contributed by atoms with Gasteiger partial charge in [0.15, 0.2) is 9.84 Å².